The lowest BCUT2D eigenvalue weighted by Gasteiger charge is -2.07. The molecule has 0 aliphatic heterocycles. The third-order valence-corrected chi connectivity index (χ3v) is 3.27. The van der Waals surface area contributed by atoms with Crippen molar-refractivity contribution in [2.75, 3.05) is 5.32 Å². The Hall–Kier alpha value is -3.35. The molecular weight excluding hydrogens is 328 g/mol. The van der Waals surface area contributed by atoms with E-state index in [2.05, 4.69) is 15.3 Å². The second-order valence-corrected chi connectivity index (χ2v) is 5.12. The maximum absolute atomic E-state index is 12.8. The van der Waals surface area contributed by atoms with Gasteiger partial charge in [0.05, 0.1) is 11.8 Å². The molecule has 0 saturated heterocycles. The fourth-order valence-corrected chi connectivity index (χ4v) is 1.98. The Labute approximate surface area is 142 Å². The van der Waals surface area contributed by atoms with Gasteiger partial charge in [-0.2, -0.15) is 0 Å². The first kappa shape index (κ1) is 16.5. The van der Waals surface area contributed by atoms with Crippen LogP contribution in [0.1, 0.15) is 15.9 Å². The van der Waals surface area contributed by atoms with Crippen molar-refractivity contribution in [3.8, 4) is 5.88 Å². The molecule has 1 aromatic carbocycles. The first-order chi connectivity index (χ1) is 12.1. The van der Waals surface area contributed by atoms with Crippen LogP contribution in [-0.2, 0) is 6.61 Å². The average Bonchev–Trinajstić information content (AvgIpc) is 2.63. The van der Waals surface area contributed by atoms with Crippen LogP contribution in [0.15, 0.2) is 60.9 Å². The smallest absolute Gasteiger partial charge is 0.258 e. The highest BCUT2D eigenvalue weighted by Crippen LogP contribution is 2.12. The van der Waals surface area contributed by atoms with Gasteiger partial charge in [0, 0.05) is 12.3 Å². The lowest BCUT2D eigenvalue weighted by atomic mass is 10.2. The van der Waals surface area contributed by atoms with E-state index in [1.54, 1.807) is 24.3 Å². The molecule has 25 heavy (non-hydrogen) atoms. The van der Waals surface area contributed by atoms with E-state index in [-0.39, 0.29) is 18.2 Å². The second-order valence-electron chi connectivity index (χ2n) is 5.12. The standard InChI is InChI=1S/C18H13F2N3O2/c19-14-4-1-12(2-5-14)11-25-17-8-3-13(9-22-17)18(24)23-16-7-6-15(20)10-21-16/h1-10H,11H2,(H,21,23,24). The quantitative estimate of drug-likeness (QED) is 0.770. The van der Waals surface area contributed by atoms with E-state index in [0.717, 1.165) is 11.8 Å². The van der Waals surface area contributed by atoms with Gasteiger partial charge < -0.3 is 10.1 Å². The van der Waals surface area contributed by atoms with Crippen LogP contribution in [-0.4, -0.2) is 15.9 Å². The molecular formula is C18H13F2N3O2. The summed E-state index contributed by atoms with van der Waals surface area (Å²) < 4.78 is 31.1. The van der Waals surface area contributed by atoms with Crippen LogP contribution < -0.4 is 10.1 Å². The molecule has 2 heterocycles. The number of anilines is 1. The van der Waals surface area contributed by atoms with Gasteiger partial charge >= 0.3 is 0 Å². The zero-order valence-corrected chi connectivity index (χ0v) is 12.9. The number of rotatable bonds is 5. The fraction of sp³-hybridized carbons (Fsp3) is 0.0556. The van der Waals surface area contributed by atoms with Gasteiger partial charge in [0.2, 0.25) is 5.88 Å². The minimum absolute atomic E-state index is 0.234. The molecule has 3 aromatic rings. The summed E-state index contributed by atoms with van der Waals surface area (Å²) in [7, 11) is 0. The minimum Gasteiger partial charge on any atom is -0.473 e. The van der Waals surface area contributed by atoms with Crippen molar-refractivity contribution in [1.82, 2.24) is 9.97 Å². The van der Waals surface area contributed by atoms with E-state index in [4.69, 9.17) is 4.74 Å². The Balaban J connectivity index is 1.58. The van der Waals surface area contributed by atoms with Crippen molar-refractivity contribution in [3.05, 3.63) is 83.7 Å². The van der Waals surface area contributed by atoms with Crippen molar-refractivity contribution < 1.29 is 18.3 Å². The molecule has 1 amide bonds. The molecule has 1 N–H and O–H groups in total. The molecule has 3 rings (SSSR count). The lowest BCUT2D eigenvalue weighted by Crippen LogP contribution is -2.13. The van der Waals surface area contributed by atoms with Crippen molar-refractivity contribution in [3.63, 3.8) is 0 Å². The van der Waals surface area contributed by atoms with Crippen LogP contribution in [0.3, 0.4) is 0 Å². The highest BCUT2D eigenvalue weighted by molar-refractivity contribution is 6.03. The predicted octanol–water partition coefficient (Wildman–Crippen LogP) is 3.59. The topological polar surface area (TPSA) is 64.1 Å². The number of nitrogens with zero attached hydrogens (tertiary/aromatic N) is 2. The third kappa shape index (κ3) is 4.57. The normalized spacial score (nSPS) is 10.3. The van der Waals surface area contributed by atoms with E-state index in [0.29, 0.717) is 11.4 Å². The van der Waals surface area contributed by atoms with E-state index >= 15 is 0 Å². The van der Waals surface area contributed by atoms with Crippen molar-refractivity contribution >= 4 is 11.7 Å². The molecule has 0 aliphatic rings. The number of hydrogen-bond acceptors (Lipinski definition) is 4. The largest absolute Gasteiger partial charge is 0.473 e. The van der Waals surface area contributed by atoms with Gasteiger partial charge in [-0.1, -0.05) is 12.1 Å². The number of amides is 1. The first-order valence-electron chi connectivity index (χ1n) is 7.36. The summed E-state index contributed by atoms with van der Waals surface area (Å²) in [6, 6.07) is 11.6. The van der Waals surface area contributed by atoms with E-state index in [1.165, 1.54) is 30.5 Å². The van der Waals surface area contributed by atoms with E-state index < -0.39 is 11.7 Å². The van der Waals surface area contributed by atoms with Gasteiger partial charge in [-0.25, -0.2) is 18.7 Å². The summed E-state index contributed by atoms with van der Waals surface area (Å²) in [6.07, 6.45) is 2.37. The van der Waals surface area contributed by atoms with Gasteiger partial charge in [0.25, 0.3) is 5.91 Å². The Morgan fingerprint density at radius 2 is 1.68 bits per heavy atom. The molecule has 0 unspecified atom stereocenters. The van der Waals surface area contributed by atoms with Crippen LogP contribution in [0.2, 0.25) is 0 Å². The van der Waals surface area contributed by atoms with Gasteiger partial charge in [-0.05, 0) is 35.9 Å². The lowest BCUT2D eigenvalue weighted by molar-refractivity contribution is 0.102. The molecule has 126 valence electrons. The van der Waals surface area contributed by atoms with Crippen molar-refractivity contribution in [1.29, 1.82) is 0 Å². The zero-order chi connectivity index (χ0) is 17.6. The Morgan fingerprint density at radius 1 is 0.920 bits per heavy atom. The van der Waals surface area contributed by atoms with E-state index in [9.17, 15) is 13.6 Å². The van der Waals surface area contributed by atoms with Crippen LogP contribution in [0.25, 0.3) is 0 Å². The summed E-state index contributed by atoms with van der Waals surface area (Å²) in [5.41, 5.74) is 1.10. The van der Waals surface area contributed by atoms with Gasteiger partial charge in [-0.15, -0.1) is 0 Å². The molecule has 5 nitrogen and oxygen atoms in total. The van der Waals surface area contributed by atoms with E-state index in [1.807, 2.05) is 0 Å². The summed E-state index contributed by atoms with van der Waals surface area (Å²) in [4.78, 5) is 19.9. The molecule has 0 aliphatic carbocycles. The fourth-order valence-electron chi connectivity index (χ4n) is 1.98. The van der Waals surface area contributed by atoms with Gasteiger partial charge in [-0.3, -0.25) is 4.79 Å². The third-order valence-electron chi connectivity index (χ3n) is 3.27. The SMILES string of the molecule is O=C(Nc1ccc(F)cn1)c1ccc(OCc2ccc(F)cc2)nc1. The maximum Gasteiger partial charge on any atom is 0.258 e. The second kappa shape index (κ2) is 7.48. The van der Waals surface area contributed by atoms with Crippen molar-refractivity contribution in [2.24, 2.45) is 0 Å². The number of pyridine rings is 2. The number of hydrogen-bond donors (Lipinski definition) is 1. The monoisotopic (exact) mass is 341 g/mol. The zero-order valence-electron chi connectivity index (χ0n) is 12.9. The van der Waals surface area contributed by atoms with Crippen molar-refractivity contribution in [2.45, 2.75) is 6.61 Å². The van der Waals surface area contributed by atoms with Crippen LogP contribution in [0.5, 0.6) is 5.88 Å². The summed E-state index contributed by atoms with van der Waals surface area (Å²) in [5.74, 6) is -0.643. The Morgan fingerprint density at radius 3 is 2.32 bits per heavy atom. The van der Waals surface area contributed by atoms with Gasteiger partial charge in [0.1, 0.15) is 24.1 Å². The molecule has 0 fully saturated rings. The minimum atomic E-state index is -0.484. The predicted molar refractivity (Wildman–Crippen MR) is 87.1 cm³/mol. The molecule has 0 atom stereocenters. The molecule has 7 heteroatoms. The van der Waals surface area contributed by atoms with Gasteiger partial charge in [0.15, 0.2) is 0 Å². The molecule has 0 saturated carbocycles. The number of carbonyl (C=O) groups excluding carboxylic acids is 1. The number of halogens is 2. The number of carbonyl (C=O) groups is 1. The first-order valence-corrected chi connectivity index (χ1v) is 7.36. The summed E-state index contributed by atoms with van der Waals surface area (Å²) in [5, 5.41) is 2.53. The average molecular weight is 341 g/mol. The molecule has 0 spiro atoms. The molecule has 2 aromatic heterocycles. The highest BCUT2D eigenvalue weighted by Gasteiger charge is 2.08. The number of nitrogens with one attached hydrogen (secondary N) is 1. The van der Waals surface area contributed by atoms with Crippen LogP contribution in [0.4, 0.5) is 14.6 Å². The summed E-state index contributed by atoms with van der Waals surface area (Å²) >= 11 is 0. The Kier molecular flexibility index (Phi) is 4.94. The summed E-state index contributed by atoms with van der Waals surface area (Å²) in [6.45, 7) is 0.234. The van der Waals surface area contributed by atoms with Crippen LogP contribution >= 0.6 is 0 Å². The maximum atomic E-state index is 12.8. The number of benzene rings is 1. The number of aromatic nitrogens is 2. The molecule has 0 radical (unpaired) electrons. The Bertz CT molecular complexity index is 851. The van der Waals surface area contributed by atoms with Crippen LogP contribution in [0, 0.1) is 11.6 Å². The highest BCUT2D eigenvalue weighted by atomic mass is 19.1. The number of ether oxygens (including phenoxy) is 1. The molecule has 0 bridgehead atoms.